The second kappa shape index (κ2) is 7.66. The largest absolute Gasteiger partial charge is 0.488 e. The van der Waals surface area contributed by atoms with Crippen molar-refractivity contribution >= 4 is 11.8 Å². The van der Waals surface area contributed by atoms with Crippen LogP contribution in [-0.4, -0.2) is 24.8 Å². The van der Waals surface area contributed by atoms with Gasteiger partial charge in [-0.1, -0.05) is 18.2 Å². The number of anilines is 1. The number of nitrogens with zero attached hydrogens (tertiary/aromatic N) is 1. The fourth-order valence-electron chi connectivity index (χ4n) is 3.32. The maximum absolute atomic E-state index is 12.0. The average molecular weight is 386 g/mol. The molecule has 7 nitrogen and oxygen atoms in total. The maximum Gasteiger partial charge on any atom is 0.407 e. The van der Waals surface area contributed by atoms with E-state index in [1.54, 1.807) is 6.92 Å². The van der Waals surface area contributed by atoms with Gasteiger partial charge in [-0.25, -0.2) is 4.79 Å². The van der Waals surface area contributed by atoms with Gasteiger partial charge in [0.05, 0.1) is 6.61 Å². The zero-order valence-corrected chi connectivity index (χ0v) is 16.8. The smallest absolute Gasteiger partial charge is 0.407 e. The molecule has 0 radical (unpaired) electrons. The van der Waals surface area contributed by atoms with Gasteiger partial charge in [-0.05, 0) is 50.8 Å². The van der Waals surface area contributed by atoms with E-state index in [1.165, 1.54) is 5.56 Å². The predicted octanol–water partition coefficient (Wildman–Crippen LogP) is 2.27. The lowest BCUT2D eigenvalue weighted by atomic mass is 9.96. The van der Waals surface area contributed by atoms with Crippen LogP contribution in [0.1, 0.15) is 44.4 Å². The monoisotopic (exact) mass is 386 g/mol. The molecule has 2 aromatic carbocycles. The summed E-state index contributed by atoms with van der Waals surface area (Å²) in [6, 6.07) is 6.05. The Morgan fingerprint density at radius 1 is 1.18 bits per heavy atom. The second-order valence-corrected chi connectivity index (χ2v) is 7.90. The zero-order chi connectivity index (χ0) is 20.5. The molecule has 28 heavy (non-hydrogen) atoms. The van der Waals surface area contributed by atoms with E-state index in [1.807, 2.05) is 43.9 Å². The van der Waals surface area contributed by atoms with E-state index in [0.717, 1.165) is 17.5 Å². The molecule has 0 bridgehead atoms. The minimum absolute atomic E-state index is 0.179. The number of rotatable bonds is 5. The first-order valence-electron chi connectivity index (χ1n) is 9.48. The van der Waals surface area contributed by atoms with Crippen LogP contribution >= 0.6 is 0 Å². The fourth-order valence-corrected chi connectivity index (χ4v) is 3.32. The summed E-state index contributed by atoms with van der Waals surface area (Å²) in [5.41, 5.74) is 2.04. The van der Waals surface area contributed by atoms with Crippen molar-refractivity contribution in [2.24, 2.45) is 0 Å². The molecule has 1 heterocycles. The molecule has 0 aromatic heterocycles. The predicted molar refractivity (Wildman–Crippen MR) is 107 cm³/mol. The molecule has 1 aliphatic rings. The highest BCUT2D eigenvalue weighted by atomic mass is 16.6. The van der Waals surface area contributed by atoms with Gasteiger partial charge in [-0.2, -0.15) is 0 Å². The molecule has 3 rings (SSSR count). The highest BCUT2D eigenvalue weighted by molar-refractivity contribution is 5.68. The summed E-state index contributed by atoms with van der Waals surface area (Å²) >= 11 is 0. The number of nitrogens with one attached hydrogen (secondary N) is 1. The van der Waals surface area contributed by atoms with Crippen molar-refractivity contribution < 1.29 is 14.3 Å². The van der Waals surface area contributed by atoms with Crippen molar-refractivity contribution in [3.05, 3.63) is 55.3 Å². The van der Waals surface area contributed by atoms with Crippen LogP contribution in [0.4, 0.5) is 10.5 Å². The van der Waals surface area contributed by atoms with Gasteiger partial charge in [0.15, 0.2) is 5.75 Å². The normalized spacial score (nSPS) is 13.9. The van der Waals surface area contributed by atoms with E-state index in [2.05, 4.69) is 5.32 Å². The topological polar surface area (TPSA) is 84.9 Å². The Morgan fingerprint density at radius 3 is 2.61 bits per heavy atom. The number of benzene rings is 1. The SMILES string of the molecule is CCOc1c(N2CCc3ccc(CNC(=O)OC(C)(C)C)cc3C2)c(=O)c1=O. The third-order valence-corrected chi connectivity index (χ3v) is 4.57. The molecule has 0 unspecified atom stereocenters. The van der Waals surface area contributed by atoms with Gasteiger partial charge in [-0.3, -0.25) is 9.59 Å². The van der Waals surface area contributed by atoms with Gasteiger partial charge >= 0.3 is 6.09 Å². The van der Waals surface area contributed by atoms with E-state index >= 15 is 0 Å². The van der Waals surface area contributed by atoms with Crippen LogP contribution in [0.2, 0.25) is 0 Å². The lowest BCUT2D eigenvalue weighted by Gasteiger charge is -2.32. The Balaban J connectivity index is 1.71. The quantitative estimate of drug-likeness (QED) is 0.794. The summed E-state index contributed by atoms with van der Waals surface area (Å²) in [5.74, 6) is 0.179. The summed E-state index contributed by atoms with van der Waals surface area (Å²) in [6.07, 6.45) is 0.316. The van der Waals surface area contributed by atoms with Gasteiger partial charge in [0, 0.05) is 19.6 Å². The molecule has 0 fully saturated rings. The zero-order valence-electron chi connectivity index (χ0n) is 16.8. The van der Waals surface area contributed by atoms with E-state index in [0.29, 0.717) is 31.9 Å². The molecule has 1 N–H and O–H groups in total. The Kier molecular flexibility index (Phi) is 5.45. The fraction of sp³-hybridized carbons (Fsp3) is 0.476. The van der Waals surface area contributed by atoms with Gasteiger partial charge in [0.2, 0.25) is 0 Å². The second-order valence-electron chi connectivity index (χ2n) is 7.90. The Bertz CT molecular complexity index is 951. The third kappa shape index (κ3) is 4.18. The first-order valence-corrected chi connectivity index (χ1v) is 9.48. The van der Waals surface area contributed by atoms with Crippen molar-refractivity contribution in [1.82, 2.24) is 5.32 Å². The van der Waals surface area contributed by atoms with E-state index in [4.69, 9.17) is 9.47 Å². The van der Waals surface area contributed by atoms with Crippen LogP contribution in [0.3, 0.4) is 0 Å². The molecule has 1 aliphatic heterocycles. The molecule has 150 valence electrons. The number of carbonyl (C=O) groups is 1. The van der Waals surface area contributed by atoms with Gasteiger partial charge in [-0.15, -0.1) is 0 Å². The minimum Gasteiger partial charge on any atom is -0.488 e. The van der Waals surface area contributed by atoms with Crippen LogP contribution in [0.15, 0.2) is 27.8 Å². The standard InChI is InChI=1S/C21H26N2O5/c1-5-27-19-16(17(24)18(19)25)23-9-8-14-7-6-13(10-15(14)12-23)11-22-20(26)28-21(2,3)4/h6-7,10H,5,8-9,11-12H2,1-4H3,(H,22,26). The summed E-state index contributed by atoms with van der Waals surface area (Å²) in [6.45, 7) is 9.13. The van der Waals surface area contributed by atoms with Crippen LogP contribution in [-0.2, 0) is 24.2 Å². The Hall–Kier alpha value is -2.83. The van der Waals surface area contributed by atoms with Gasteiger partial charge < -0.3 is 19.7 Å². The van der Waals surface area contributed by atoms with Crippen molar-refractivity contribution in [1.29, 1.82) is 0 Å². The molecule has 0 atom stereocenters. The number of fused-ring (bicyclic) bond motifs is 1. The third-order valence-electron chi connectivity index (χ3n) is 4.57. The average Bonchev–Trinajstić information content (AvgIpc) is 2.64. The van der Waals surface area contributed by atoms with Gasteiger partial charge in [0.25, 0.3) is 10.9 Å². The van der Waals surface area contributed by atoms with E-state index in [-0.39, 0.29) is 5.75 Å². The number of carbonyl (C=O) groups excluding carboxylic acids is 1. The number of alkyl carbamates (subject to hydrolysis) is 1. The van der Waals surface area contributed by atoms with Crippen molar-refractivity contribution in [2.75, 3.05) is 18.1 Å². The molecular weight excluding hydrogens is 360 g/mol. The summed E-state index contributed by atoms with van der Waals surface area (Å²) in [5, 5.41) is 2.75. The Morgan fingerprint density at radius 2 is 1.93 bits per heavy atom. The number of amides is 1. The summed E-state index contributed by atoms with van der Waals surface area (Å²) in [7, 11) is 0. The van der Waals surface area contributed by atoms with E-state index in [9.17, 15) is 14.4 Å². The maximum atomic E-state index is 12.0. The van der Waals surface area contributed by atoms with E-state index < -0.39 is 22.6 Å². The molecule has 0 saturated heterocycles. The van der Waals surface area contributed by atoms with Crippen molar-refractivity contribution in [3.63, 3.8) is 0 Å². The Labute approximate surface area is 163 Å². The first kappa shape index (κ1) is 19.9. The summed E-state index contributed by atoms with van der Waals surface area (Å²) in [4.78, 5) is 37.5. The molecule has 7 heteroatoms. The highest BCUT2D eigenvalue weighted by Crippen LogP contribution is 2.29. The number of hydrogen-bond acceptors (Lipinski definition) is 6. The van der Waals surface area contributed by atoms with Crippen molar-refractivity contribution in [2.45, 2.75) is 52.8 Å². The molecule has 0 spiro atoms. The van der Waals surface area contributed by atoms with Crippen LogP contribution in [0, 0.1) is 0 Å². The highest BCUT2D eigenvalue weighted by Gasteiger charge is 2.29. The van der Waals surface area contributed by atoms with Crippen LogP contribution in [0.5, 0.6) is 5.75 Å². The molecule has 2 aromatic rings. The number of hydrogen-bond donors (Lipinski definition) is 1. The molecule has 0 aliphatic carbocycles. The molecular formula is C21H26N2O5. The lowest BCUT2D eigenvalue weighted by Crippen LogP contribution is -2.43. The molecule has 1 amide bonds. The number of ether oxygens (including phenoxy) is 2. The van der Waals surface area contributed by atoms with Crippen LogP contribution < -0.4 is 25.8 Å². The van der Waals surface area contributed by atoms with Gasteiger partial charge in [0.1, 0.15) is 11.3 Å². The van der Waals surface area contributed by atoms with Crippen LogP contribution in [0.25, 0.3) is 0 Å². The first-order chi connectivity index (χ1) is 13.2. The minimum atomic E-state index is -0.544. The lowest BCUT2D eigenvalue weighted by molar-refractivity contribution is 0.0523. The van der Waals surface area contributed by atoms with Crippen molar-refractivity contribution in [3.8, 4) is 5.75 Å². The summed E-state index contributed by atoms with van der Waals surface area (Å²) < 4.78 is 10.6. The molecule has 0 saturated carbocycles.